The highest BCUT2D eigenvalue weighted by molar-refractivity contribution is 6.12. The average molecular weight is 321 g/mol. The van der Waals surface area contributed by atoms with Crippen molar-refractivity contribution in [2.75, 3.05) is 13.2 Å². The van der Waals surface area contributed by atoms with Gasteiger partial charge in [-0.05, 0) is 58.0 Å². The van der Waals surface area contributed by atoms with Crippen molar-refractivity contribution in [3.63, 3.8) is 0 Å². The number of fused-ring (bicyclic) bond motifs is 2. The highest BCUT2D eigenvalue weighted by Crippen LogP contribution is 2.39. The summed E-state index contributed by atoms with van der Waals surface area (Å²) in [6.07, 6.45) is 2.15. The van der Waals surface area contributed by atoms with E-state index in [0.29, 0.717) is 6.54 Å². The number of aryl methyl sites for hydroxylation is 2. The zero-order valence-electron chi connectivity index (χ0n) is 14.0. The van der Waals surface area contributed by atoms with E-state index >= 15 is 0 Å². The van der Waals surface area contributed by atoms with Crippen LogP contribution in [-0.4, -0.2) is 29.0 Å². The fourth-order valence-corrected chi connectivity index (χ4v) is 3.88. The van der Waals surface area contributed by atoms with Crippen LogP contribution in [0.3, 0.4) is 0 Å². The van der Waals surface area contributed by atoms with Crippen LogP contribution in [-0.2, 0) is 19.4 Å². The van der Waals surface area contributed by atoms with Crippen molar-refractivity contribution in [2.45, 2.75) is 31.8 Å². The third-order valence-corrected chi connectivity index (χ3v) is 5.39. The molecule has 24 heavy (non-hydrogen) atoms. The van der Waals surface area contributed by atoms with Crippen LogP contribution in [0.25, 0.3) is 21.5 Å². The highest BCUT2D eigenvalue weighted by Gasteiger charge is 2.25. The first-order valence-electron chi connectivity index (χ1n) is 8.58. The van der Waals surface area contributed by atoms with Crippen molar-refractivity contribution in [3.8, 4) is 0 Å². The monoisotopic (exact) mass is 321 g/mol. The molecular weight excluding hydrogens is 298 g/mol. The topological polar surface area (TPSA) is 52.5 Å². The highest BCUT2D eigenvalue weighted by atomic mass is 16.3. The van der Waals surface area contributed by atoms with Gasteiger partial charge in [-0.15, -0.1) is 0 Å². The molecule has 3 aromatic carbocycles. The molecule has 0 fully saturated rings. The molecule has 0 atom stereocenters. The Morgan fingerprint density at radius 2 is 1.62 bits per heavy atom. The van der Waals surface area contributed by atoms with E-state index in [9.17, 15) is 10.2 Å². The van der Waals surface area contributed by atoms with E-state index in [0.717, 1.165) is 12.8 Å². The summed E-state index contributed by atoms with van der Waals surface area (Å²) in [6.45, 7) is 2.32. The van der Waals surface area contributed by atoms with Crippen LogP contribution in [0.5, 0.6) is 0 Å². The molecule has 3 nitrogen and oxygen atoms in total. The van der Waals surface area contributed by atoms with E-state index in [1.54, 1.807) is 0 Å². The van der Waals surface area contributed by atoms with Crippen molar-refractivity contribution >= 4 is 21.5 Å². The lowest BCUT2D eigenvalue weighted by Crippen LogP contribution is -2.48. The maximum atomic E-state index is 9.56. The lowest BCUT2D eigenvalue weighted by atomic mass is 9.92. The Morgan fingerprint density at radius 1 is 0.917 bits per heavy atom. The molecule has 0 aliphatic heterocycles. The number of aliphatic hydroxyl groups excluding tert-OH is 2. The van der Waals surface area contributed by atoms with Gasteiger partial charge in [0.15, 0.2) is 0 Å². The number of aliphatic hydroxyl groups is 2. The molecule has 1 aliphatic carbocycles. The van der Waals surface area contributed by atoms with Gasteiger partial charge in [-0.2, -0.15) is 0 Å². The van der Waals surface area contributed by atoms with Crippen molar-refractivity contribution in [1.29, 1.82) is 0 Å². The average Bonchev–Trinajstić information content (AvgIpc) is 3.06. The predicted octanol–water partition coefficient (Wildman–Crippen LogP) is 2.92. The fraction of sp³-hybridized carbons (Fsp3) is 0.333. The van der Waals surface area contributed by atoms with Gasteiger partial charge in [-0.1, -0.05) is 42.5 Å². The summed E-state index contributed by atoms with van der Waals surface area (Å²) >= 11 is 0. The maximum absolute atomic E-state index is 9.56. The number of hydrogen-bond acceptors (Lipinski definition) is 3. The van der Waals surface area contributed by atoms with Gasteiger partial charge in [0.05, 0.1) is 18.8 Å². The molecule has 0 spiro atoms. The Kier molecular flexibility index (Phi) is 3.80. The first-order valence-corrected chi connectivity index (χ1v) is 8.58. The Labute approximate surface area is 141 Å². The summed E-state index contributed by atoms with van der Waals surface area (Å²) in [5, 5.41) is 27.8. The molecule has 3 heteroatoms. The molecular formula is C21H23NO2. The van der Waals surface area contributed by atoms with Gasteiger partial charge in [0.25, 0.3) is 0 Å². The number of benzene rings is 3. The summed E-state index contributed by atoms with van der Waals surface area (Å²) in [5.41, 5.74) is 3.49. The van der Waals surface area contributed by atoms with Crippen molar-refractivity contribution < 1.29 is 10.2 Å². The molecule has 124 valence electrons. The molecule has 0 unspecified atom stereocenters. The van der Waals surface area contributed by atoms with Crippen LogP contribution in [0.1, 0.15) is 23.6 Å². The quantitative estimate of drug-likeness (QED) is 0.633. The number of rotatable bonds is 5. The van der Waals surface area contributed by atoms with E-state index < -0.39 is 5.54 Å². The molecule has 0 bridgehead atoms. The second-order valence-corrected chi connectivity index (χ2v) is 7.07. The van der Waals surface area contributed by atoms with Crippen LogP contribution in [0.4, 0.5) is 0 Å². The molecule has 1 aliphatic rings. The summed E-state index contributed by atoms with van der Waals surface area (Å²) in [4.78, 5) is 0. The lowest BCUT2D eigenvalue weighted by Gasteiger charge is -2.27. The van der Waals surface area contributed by atoms with Crippen LogP contribution in [0.2, 0.25) is 0 Å². The lowest BCUT2D eigenvalue weighted by molar-refractivity contribution is 0.103. The van der Waals surface area contributed by atoms with E-state index in [1.165, 1.54) is 38.2 Å². The Balaban J connectivity index is 1.92. The normalized spacial score (nSPS) is 14.0. The molecule has 0 aromatic heterocycles. The van der Waals surface area contributed by atoms with E-state index in [1.807, 2.05) is 6.92 Å². The summed E-state index contributed by atoms with van der Waals surface area (Å²) < 4.78 is 0. The zero-order valence-corrected chi connectivity index (χ0v) is 14.0. The van der Waals surface area contributed by atoms with E-state index in [2.05, 4.69) is 47.8 Å². The predicted molar refractivity (Wildman–Crippen MR) is 98.3 cm³/mol. The van der Waals surface area contributed by atoms with Gasteiger partial charge in [0.1, 0.15) is 0 Å². The second-order valence-electron chi connectivity index (χ2n) is 7.07. The molecule has 3 aromatic rings. The third kappa shape index (κ3) is 2.32. The number of nitrogens with one attached hydrogen (secondary N) is 1. The standard InChI is InChI=1S/C21H23NO2/c1-21(12-23,13-24)22-11-19-16-7-3-2-6-15(16)17-8-4-5-14-9-10-18(19)20(14)17/h2-8,22-24H,9-13H2,1H3. The smallest absolute Gasteiger partial charge is 0.0633 e. The van der Waals surface area contributed by atoms with E-state index in [-0.39, 0.29) is 13.2 Å². The molecule has 0 saturated carbocycles. The summed E-state index contributed by atoms with van der Waals surface area (Å²) in [7, 11) is 0. The van der Waals surface area contributed by atoms with Crippen molar-refractivity contribution in [1.82, 2.24) is 5.32 Å². The van der Waals surface area contributed by atoms with Crippen LogP contribution in [0, 0.1) is 0 Å². The second kappa shape index (κ2) is 5.85. The maximum Gasteiger partial charge on any atom is 0.0633 e. The fourth-order valence-electron chi connectivity index (χ4n) is 3.88. The minimum atomic E-state index is -0.666. The molecule has 4 rings (SSSR count). The first kappa shape index (κ1) is 15.6. The number of hydrogen-bond donors (Lipinski definition) is 3. The third-order valence-electron chi connectivity index (χ3n) is 5.39. The van der Waals surface area contributed by atoms with Gasteiger partial charge in [0.2, 0.25) is 0 Å². The van der Waals surface area contributed by atoms with Crippen LogP contribution in [0.15, 0.2) is 42.5 Å². The van der Waals surface area contributed by atoms with Gasteiger partial charge in [-0.25, -0.2) is 0 Å². The molecule has 0 saturated heterocycles. The zero-order chi connectivity index (χ0) is 16.7. The van der Waals surface area contributed by atoms with Gasteiger partial charge in [0, 0.05) is 6.54 Å². The summed E-state index contributed by atoms with van der Waals surface area (Å²) in [6, 6.07) is 15.2. The Hall–Kier alpha value is -1.94. The first-order chi connectivity index (χ1) is 11.7. The summed E-state index contributed by atoms with van der Waals surface area (Å²) in [5.74, 6) is 0. The molecule has 0 amide bonds. The van der Waals surface area contributed by atoms with Crippen molar-refractivity contribution in [3.05, 3.63) is 59.2 Å². The molecule has 3 N–H and O–H groups in total. The van der Waals surface area contributed by atoms with Crippen LogP contribution < -0.4 is 5.32 Å². The van der Waals surface area contributed by atoms with E-state index in [4.69, 9.17) is 0 Å². The van der Waals surface area contributed by atoms with Gasteiger partial charge in [-0.3, -0.25) is 0 Å². The molecule has 0 radical (unpaired) electrons. The van der Waals surface area contributed by atoms with Crippen molar-refractivity contribution in [2.24, 2.45) is 0 Å². The SMILES string of the molecule is CC(CO)(CO)NCc1c2c3c(cccc3c3ccccc13)CC2. The Bertz CT molecular complexity index is 912. The van der Waals surface area contributed by atoms with Gasteiger partial charge >= 0.3 is 0 Å². The minimum Gasteiger partial charge on any atom is -0.394 e. The van der Waals surface area contributed by atoms with Gasteiger partial charge < -0.3 is 15.5 Å². The largest absolute Gasteiger partial charge is 0.394 e. The molecule has 0 heterocycles. The Morgan fingerprint density at radius 3 is 2.38 bits per heavy atom. The minimum absolute atomic E-state index is 0.0877. The van der Waals surface area contributed by atoms with Crippen LogP contribution >= 0.6 is 0 Å².